The predicted molar refractivity (Wildman–Crippen MR) is 80.2 cm³/mol. The summed E-state index contributed by atoms with van der Waals surface area (Å²) in [4.78, 5) is 12.1. The molecule has 1 aromatic heterocycles. The molecule has 0 radical (unpaired) electrons. The minimum Gasteiger partial charge on any atom is -0.319 e. The van der Waals surface area contributed by atoms with Crippen LogP contribution in [0.25, 0.3) is 10.8 Å². The summed E-state index contributed by atoms with van der Waals surface area (Å²) in [6.07, 6.45) is 1.65. The molecule has 0 fully saturated rings. The van der Waals surface area contributed by atoms with Crippen molar-refractivity contribution < 1.29 is 4.57 Å². The fraction of sp³-hybridized carbons (Fsp3) is 0.429. The molecule has 0 amide bonds. The second-order valence-electron chi connectivity index (χ2n) is 5.54. The van der Waals surface area contributed by atoms with Crippen LogP contribution in [0.5, 0.6) is 0 Å². The van der Waals surface area contributed by atoms with E-state index >= 15 is 0 Å². The minimum absolute atomic E-state index is 0.150. The van der Waals surface area contributed by atoms with Crippen molar-refractivity contribution >= 4 is 23.2 Å². The molecule has 2 aromatic rings. The fourth-order valence-electron chi connectivity index (χ4n) is 2.38. The van der Waals surface area contributed by atoms with E-state index in [1.165, 1.54) is 4.68 Å². The van der Waals surface area contributed by atoms with Crippen LogP contribution in [0.15, 0.2) is 23.1 Å². The predicted octanol–water partition coefficient (Wildman–Crippen LogP) is 2.30. The summed E-state index contributed by atoms with van der Waals surface area (Å²) in [5, 5.41) is 6.17. The Balaban J connectivity index is 3.02. The van der Waals surface area contributed by atoms with E-state index < -0.39 is 7.14 Å². The zero-order valence-electron chi connectivity index (χ0n) is 12.0. The molecule has 0 unspecified atom stereocenters. The Morgan fingerprint density at radius 3 is 2.37 bits per heavy atom. The maximum absolute atomic E-state index is 12.6. The van der Waals surface area contributed by atoms with Crippen LogP contribution in [0.1, 0.15) is 25.3 Å². The molecular weight excluding hydrogens is 259 g/mol. The van der Waals surface area contributed by atoms with Crippen LogP contribution in [0.4, 0.5) is 0 Å². The molecule has 0 saturated carbocycles. The summed E-state index contributed by atoms with van der Waals surface area (Å²) in [6.45, 7) is 7.61. The third-order valence-electron chi connectivity index (χ3n) is 3.29. The number of hydrogen-bond donors (Lipinski definition) is 0. The molecule has 102 valence electrons. The van der Waals surface area contributed by atoms with Gasteiger partial charge in [0.1, 0.15) is 7.14 Å². The van der Waals surface area contributed by atoms with E-state index in [-0.39, 0.29) is 11.5 Å². The monoisotopic (exact) mass is 278 g/mol. The van der Waals surface area contributed by atoms with E-state index in [0.717, 1.165) is 16.3 Å². The summed E-state index contributed by atoms with van der Waals surface area (Å²) < 4.78 is 13.9. The topological polar surface area (TPSA) is 52.0 Å². The molecule has 0 aliphatic rings. The number of rotatable bonds is 2. The van der Waals surface area contributed by atoms with Crippen molar-refractivity contribution in [3.63, 3.8) is 0 Å². The number of aryl methyl sites for hydroxylation is 1. The molecule has 0 saturated heterocycles. The highest BCUT2D eigenvalue weighted by atomic mass is 31.2. The molecule has 0 bridgehead atoms. The number of hydrogen-bond acceptors (Lipinski definition) is 3. The van der Waals surface area contributed by atoms with Gasteiger partial charge in [-0.2, -0.15) is 5.10 Å². The third-order valence-corrected chi connectivity index (χ3v) is 4.87. The van der Waals surface area contributed by atoms with Crippen molar-refractivity contribution in [1.82, 2.24) is 9.78 Å². The van der Waals surface area contributed by atoms with Gasteiger partial charge in [-0.05, 0) is 30.9 Å². The molecule has 0 atom stereocenters. The summed E-state index contributed by atoms with van der Waals surface area (Å²) in [7, 11) is -0.858. The highest BCUT2D eigenvalue weighted by Gasteiger charge is 2.22. The van der Waals surface area contributed by atoms with Crippen LogP contribution < -0.4 is 10.9 Å². The van der Waals surface area contributed by atoms with Gasteiger partial charge in [-0.25, -0.2) is 4.68 Å². The largest absolute Gasteiger partial charge is 0.319 e. The summed E-state index contributed by atoms with van der Waals surface area (Å²) >= 11 is 0. The summed E-state index contributed by atoms with van der Waals surface area (Å²) in [5.41, 5.74) is 0.887. The van der Waals surface area contributed by atoms with Gasteiger partial charge in [-0.3, -0.25) is 4.79 Å². The third kappa shape index (κ3) is 2.37. The van der Waals surface area contributed by atoms with Gasteiger partial charge >= 0.3 is 0 Å². The van der Waals surface area contributed by atoms with Crippen LogP contribution in [0, 0.1) is 0 Å². The second kappa shape index (κ2) is 4.61. The lowest BCUT2D eigenvalue weighted by molar-refractivity contribution is 0.588. The molecule has 2 rings (SSSR count). The Morgan fingerprint density at radius 1 is 1.21 bits per heavy atom. The van der Waals surface area contributed by atoms with Crippen LogP contribution >= 0.6 is 7.14 Å². The SMILES string of the molecule is CC(C)c1ccc2c(=O)n(C)ncc2c1P(C)(C)=O. The lowest BCUT2D eigenvalue weighted by Gasteiger charge is -2.18. The van der Waals surface area contributed by atoms with Gasteiger partial charge in [0.05, 0.1) is 11.6 Å². The van der Waals surface area contributed by atoms with Crippen molar-refractivity contribution in [1.29, 1.82) is 0 Å². The van der Waals surface area contributed by atoms with Gasteiger partial charge in [-0.1, -0.05) is 19.9 Å². The minimum atomic E-state index is -2.48. The molecular formula is C14H19N2O2P. The molecule has 4 nitrogen and oxygen atoms in total. The second-order valence-corrected chi connectivity index (χ2v) is 8.69. The van der Waals surface area contributed by atoms with Crippen molar-refractivity contribution in [2.24, 2.45) is 7.05 Å². The Kier molecular flexibility index (Phi) is 3.40. The van der Waals surface area contributed by atoms with E-state index in [1.807, 2.05) is 12.1 Å². The molecule has 1 aromatic carbocycles. The first-order valence-corrected chi connectivity index (χ1v) is 8.88. The van der Waals surface area contributed by atoms with E-state index in [9.17, 15) is 9.36 Å². The standard InChI is InChI=1S/C14H19N2O2P/c1-9(2)10-6-7-11-12(13(10)19(4,5)18)8-15-16(3)14(11)17/h6-9H,1-5H3. The quantitative estimate of drug-likeness (QED) is 0.792. The number of nitrogens with zero attached hydrogens (tertiary/aromatic N) is 2. The van der Waals surface area contributed by atoms with Gasteiger partial charge in [0, 0.05) is 17.7 Å². The highest BCUT2D eigenvalue weighted by molar-refractivity contribution is 7.70. The molecule has 0 aliphatic carbocycles. The van der Waals surface area contributed by atoms with Crippen LogP contribution in [-0.2, 0) is 11.6 Å². The fourth-order valence-corrected chi connectivity index (χ4v) is 4.09. The van der Waals surface area contributed by atoms with Crippen LogP contribution in [0.3, 0.4) is 0 Å². The van der Waals surface area contributed by atoms with E-state index in [4.69, 9.17) is 0 Å². The maximum Gasteiger partial charge on any atom is 0.274 e. The van der Waals surface area contributed by atoms with E-state index in [1.54, 1.807) is 26.6 Å². The maximum atomic E-state index is 12.6. The highest BCUT2D eigenvalue weighted by Crippen LogP contribution is 2.40. The smallest absolute Gasteiger partial charge is 0.274 e. The lowest BCUT2D eigenvalue weighted by Crippen LogP contribution is -2.23. The van der Waals surface area contributed by atoms with Gasteiger partial charge in [-0.15, -0.1) is 0 Å². The van der Waals surface area contributed by atoms with Crippen molar-refractivity contribution in [3.8, 4) is 0 Å². The van der Waals surface area contributed by atoms with E-state index in [0.29, 0.717) is 5.39 Å². The normalized spacial score (nSPS) is 12.3. The summed E-state index contributed by atoms with van der Waals surface area (Å²) in [5.74, 6) is 0.261. The Labute approximate surface area is 112 Å². The van der Waals surface area contributed by atoms with Crippen molar-refractivity contribution in [3.05, 3.63) is 34.2 Å². The number of benzene rings is 1. The van der Waals surface area contributed by atoms with Gasteiger partial charge in [0.25, 0.3) is 5.56 Å². The molecule has 0 aliphatic heterocycles. The Morgan fingerprint density at radius 2 is 1.84 bits per heavy atom. The molecule has 0 spiro atoms. The van der Waals surface area contributed by atoms with Crippen LogP contribution in [0.2, 0.25) is 0 Å². The lowest BCUT2D eigenvalue weighted by atomic mass is 10.0. The van der Waals surface area contributed by atoms with Crippen molar-refractivity contribution in [2.75, 3.05) is 13.3 Å². The van der Waals surface area contributed by atoms with Gasteiger partial charge < -0.3 is 4.57 Å². The van der Waals surface area contributed by atoms with Gasteiger partial charge in [0.2, 0.25) is 0 Å². The summed E-state index contributed by atoms with van der Waals surface area (Å²) in [6, 6.07) is 3.73. The first-order chi connectivity index (χ1) is 8.73. The first-order valence-electron chi connectivity index (χ1n) is 6.28. The molecule has 1 heterocycles. The zero-order valence-corrected chi connectivity index (χ0v) is 12.9. The average molecular weight is 278 g/mol. The number of aromatic nitrogens is 2. The van der Waals surface area contributed by atoms with Gasteiger partial charge in [0.15, 0.2) is 0 Å². The molecule has 0 N–H and O–H groups in total. The Bertz CT molecular complexity index is 741. The average Bonchev–Trinajstić information content (AvgIpc) is 2.31. The van der Waals surface area contributed by atoms with Crippen molar-refractivity contribution in [2.45, 2.75) is 19.8 Å². The molecule has 19 heavy (non-hydrogen) atoms. The van der Waals surface area contributed by atoms with E-state index in [2.05, 4.69) is 18.9 Å². The zero-order chi connectivity index (χ0) is 14.4. The Hall–Kier alpha value is -1.41. The van der Waals surface area contributed by atoms with Crippen LogP contribution in [-0.4, -0.2) is 23.1 Å². The molecule has 5 heteroatoms. The first kappa shape index (κ1) is 14.0. The number of fused-ring (bicyclic) bond motifs is 1.